The summed E-state index contributed by atoms with van der Waals surface area (Å²) in [5.41, 5.74) is 0. The van der Waals surface area contributed by atoms with Crippen LogP contribution >= 0.6 is 0 Å². The van der Waals surface area contributed by atoms with Crippen molar-refractivity contribution in [2.75, 3.05) is 26.4 Å². The quantitative estimate of drug-likeness (QED) is 0.514. The highest BCUT2D eigenvalue weighted by atomic mass is 16.5. The third kappa shape index (κ3) is 5.99. The topological polar surface area (TPSA) is 69.9 Å². The van der Waals surface area contributed by atoms with Crippen molar-refractivity contribution in [2.45, 2.75) is 20.0 Å². The Morgan fingerprint density at radius 1 is 1.08 bits per heavy atom. The van der Waals surface area contributed by atoms with Gasteiger partial charge in [-0.2, -0.15) is 0 Å². The van der Waals surface area contributed by atoms with E-state index in [1.54, 1.807) is 0 Å². The third-order valence-corrected chi connectivity index (χ3v) is 1.94. The molecule has 0 saturated heterocycles. The Hall–Kier alpha value is -0.160. The van der Waals surface area contributed by atoms with Crippen LogP contribution in [0.25, 0.3) is 0 Å². The predicted molar refractivity (Wildman–Crippen MR) is 49.3 cm³/mol. The summed E-state index contributed by atoms with van der Waals surface area (Å²) in [6.45, 7) is 4.46. The molecule has 0 fully saturated rings. The highest BCUT2D eigenvalue weighted by Crippen LogP contribution is 2.04. The standard InChI is InChI=1S/C9H20O4/c1-7(3-10)5-13-6-8(2)9(12)4-11/h7-12H,3-6H2,1-2H3. The normalized spacial score (nSPS) is 18.2. The van der Waals surface area contributed by atoms with Crippen molar-refractivity contribution < 1.29 is 20.1 Å². The Balaban J connectivity index is 3.41. The van der Waals surface area contributed by atoms with Gasteiger partial charge < -0.3 is 20.1 Å². The molecule has 0 amide bonds. The van der Waals surface area contributed by atoms with Crippen LogP contribution in [0.2, 0.25) is 0 Å². The molecular formula is C9H20O4. The Bertz CT molecular complexity index is 118. The van der Waals surface area contributed by atoms with E-state index in [-0.39, 0.29) is 25.0 Å². The van der Waals surface area contributed by atoms with E-state index in [1.807, 2.05) is 13.8 Å². The Kier molecular flexibility index (Phi) is 7.17. The average molecular weight is 192 g/mol. The van der Waals surface area contributed by atoms with Gasteiger partial charge in [-0.1, -0.05) is 13.8 Å². The summed E-state index contributed by atoms with van der Waals surface area (Å²) in [6.07, 6.45) is -0.718. The number of ether oxygens (including phenoxy) is 1. The molecule has 80 valence electrons. The fraction of sp³-hybridized carbons (Fsp3) is 1.00. The fourth-order valence-electron chi connectivity index (χ4n) is 0.799. The van der Waals surface area contributed by atoms with Crippen LogP contribution < -0.4 is 0 Å². The first-order valence-electron chi connectivity index (χ1n) is 4.59. The van der Waals surface area contributed by atoms with E-state index in [0.717, 1.165) is 0 Å². The van der Waals surface area contributed by atoms with Gasteiger partial charge in [0.25, 0.3) is 0 Å². The summed E-state index contributed by atoms with van der Waals surface area (Å²) in [5.74, 6) is 0.0503. The fourth-order valence-corrected chi connectivity index (χ4v) is 0.799. The summed E-state index contributed by atoms with van der Waals surface area (Å²) in [5, 5.41) is 26.5. The van der Waals surface area contributed by atoms with E-state index in [1.165, 1.54) is 0 Å². The van der Waals surface area contributed by atoms with Crippen LogP contribution in [0.3, 0.4) is 0 Å². The Labute approximate surface area is 79.2 Å². The minimum atomic E-state index is -0.718. The minimum Gasteiger partial charge on any atom is -0.396 e. The maximum absolute atomic E-state index is 9.17. The van der Waals surface area contributed by atoms with Gasteiger partial charge in [0, 0.05) is 18.4 Å². The zero-order valence-electron chi connectivity index (χ0n) is 8.31. The molecule has 0 aromatic rings. The van der Waals surface area contributed by atoms with Gasteiger partial charge in [0.05, 0.1) is 25.9 Å². The monoisotopic (exact) mass is 192 g/mol. The van der Waals surface area contributed by atoms with Gasteiger partial charge in [-0.15, -0.1) is 0 Å². The highest BCUT2D eigenvalue weighted by Gasteiger charge is 2.13. The second kappa shape index (κ2) is 7.26. The molecule has 0 rings (SSSR count). The molecule has 0 aromatic carbocycles. The largest absolute Gasteiger partial charge is 0.396 e. The van der Waals surface area contributed by atoms with E-state index < -0.39 is 6.10 Å². The lowest BCUT2D eigenvalue weighted by Gasteiger charge is -2.17. The first-order chi connectivity index (χ1) is 6.11. The predicted octanol–water partition coefficient (Wildman–Crippen LogP) is -0.379. The van der Waals surface area contributed by atoms with Crippen LogP contribution in [-0.2, 0) is 4.74 Å². The molecule has 0 saturated carbocycles. The van der Waals surface area contributed by atoms with Crippen LogP contribution in [0.5, 0.6) is 0 Å². The van der Waals surface area contributed by atoms with Crippen molar-refractivity contribution in [3.8, 4) is 0 Å². The lowest BCUT2D eigenvalue weighted by Crippen LogP contribution is -2.26. The van der Waals surface area contributed by atoms with Crippen molar-refractivity contribution >= 4 is 0 Å². The zero-order chi connectivity index (χ0) is 10.3. The van der Waals surface area contributed by atoms with E-state index in [0.29, 0.717) is 13.2 Å². The van der Waals surface area contributed by atoms with Crippen molar-refractivity contribution in [1.82, 2.24) is 0 Å². The third-order valence-electron chi connectivity index (χ3n) is 1.94. The van der Waals surface area contributed by atoms with Crippen LogP contribution in [0.1, 0.15) is 13.8 Å². The molecule has 0 aliphatic carbocycles. The molecule has 0 spiro atoms. The molecule has 0 aromatic heterocycles. The molecule has 4 heteroatoms. The first-order valence-corrected chi connectivity index (χ1v) is 4.59. The van der Waals surface area contributed by atoms with Crippen LogP contribution in [-0.4, -0.2) is 47.9 Å². The van der Waals surface area contributed by atoms with Gasteiger partial charge in [0.15, 0.2) is 0 Å². The van der Waals surface area contributed by atoms with Gasteiger partial charge in [0.2, 0.25) is 0 Å². The van der Waals surface area contributed by atoms with E-state index in [9.17, 15) is 0 Å². The Morgan fingerprint density at radius 3 is 2.15 bits per heavy atom. The van der Waals surface area contributed by atoms with E-state index in [2.05, 4.69) is 0 Å². The maximum atomic E-state index is 9.17. The van der Waals surface area contributed by atoms with Gasteiger partial charge in [-0.3, -0.25) is 0 Å². The second-order valence-corrected chi connectivity index (χ2v) is 3.55. The van der Waals surface area contributed by atoms with Gasteiger partial charge in [-0.25, -0.2) is 0 Å². The number of hydrogen-bond acceptors (Lipinski definition) is 4. The van der Waals surface area contributed by atoms with Crippen LogP contribution in [0, 0.1) is 11.8 Å². The van der Waals surface area contributed by atoms with Crippen LogP contribution in [0.4, 0.5) is 0 Å². The molecular weight excluding hydrogens is 172 g/mol. The maximum Gasteiger partial charge on any atom is 0.0818 e. The lowest BCUT2D eigenvalue weighted by molar-refractivity contribution is -0.00485. The number of aliphatic hydroxyl groups is 3. The summed E-state index contributed by atoms with van der Waals surface area (Å²) in [7, 11) is 0. The summed E-state index contributed by atoms with van der Waals surface area (Å²) in [6, 6.07) is 0. The van der Waals surface area contributed by atoms with Crippen molar-refractivity contribution in [1.29, 1.82) is 0 Å². The second-order valence-electron chi connectivity index (χ2n) is 3.55. The van der Waals surface area contributed by atoms with Crippen LogP contribution in [0.15, 0.2) is 0 Å². The molecule has 4 nitrogen and oxygen atoms in total. The molecule has 0 heterocycles. The van der Waals surface area contributed by atoms with Crippen molar-refractivity contribution in [2.24, 2.45) is 11.8 Å². The van der Waals surface area contributed by atoms with Gasteiger partial charge >= 0.3 is 0 Å². The van der Waals surface area contributed by atoms with E-state index >= 15 is 0 Å². The molecule has 3 unspecified atom stereocenters. The molecule has 0 radical (unpaired) electrons. The smallest absolute Gasteiger partial charge is 0.0818 e. The van der Waals surface area contributed by atoms with E-state index in [4.69, 9.17) is 20.1 Å². The highest BCUT2D eigenvalue weighted by molar-refractivity contribution is 4.62. The lowest BCUT2D eigenvalue weighted by atomic mass is 10.1. The number of rotatable bonds is 7. The molecule has 0 aliphatic rings. The number of aliphatic hydroxyl groups excluding tert-OH is 3. The van der Waals surface area contributed by atoms with Gasteiger partial charge in [-0.05, 0) is 0 Å². The molecule has 3 N–H and O–H groups in total. The average Bonchev–Trinajstić information content (AvgIpc) is 2.15. The van der Waals surface area contributed by atoms with Crippen molar-refractivity contribution in [3.05, 3.63) is 0 Å². The van der Waals surface area contributed by atoms with Gasteiger partial charge in [0.1, 0.15) is 0 Å². The molecule has 13 heavy (non-hydrogen) atoms. The summed E-state index contributed by atoms with van der Waals surface area (Å²) in [4.78, 5) is 0. The van der Waals surface area contributed by atoms with Crippen molar-refractivity contribution in [3.63, 3.8) is 0 Å². The summed E-state index contributed by atoms with van der Waals surface area (Å²) < 4.78 is 5.24. The zero-order valence-corrected chi connectivity index (χ0v) is 8.31. The SMILES string of the molecule is CC(CO)COCC(C)C(O)CO. The molecule has 0 aliphatic heterocycles. The minimum absolute atomic E-state index is 0.0732. The molecule has 3 atom stereocenters. The summed E-state index contributed by atoms with van der Waals surface area (Å²) >= 11 is 0. The first kappa shape index (κ1) is 12.8. The molecule has 0 bridgehead atoms. The Morgan fingerprint density at radius 2 is 1.69 bits per heavy atom. The number of hydrogen-bond donors (Lipinski definition) is 3.